The van der Waals surface area contributed by atoms with Crippen molar-refractivity contribution >= 4 is 16.9 Å². The van der Waals surface area contributed by atoms with Crippen LogP contribution in [0.4, 0.5) is 0 Å². The van der Waals surface area contributed by atoms with E-state index < -0.39 is 0 Å². The molecular weight excluding hydrogens is 304 g/mol. The smallest absolute Gasteiger partial charge is 0.228 e. The van der Waals surface area contributed by atoms with Gasteiger partial charge in [0.25, 0.3) is 0 Å². The zero-order valence-corrected chi connectivity index (χ0v) is 13.7. The van der Waals surface area contributed by atoms with E-state index in [0.29, 0.717) is 12.2 Å². The van der Waals surface area contributed by atoms with Crippen LogP contribution in [-0.4, -0.2) is 38.8 Å². The number of rotatable bonds is 3. The van der Waals surface area contributed by atoms with Gasteiger partial charge in [0.1, 0.15) is 5.69 Å². The van der Waals surface area contributed by atoms with Crippen molar-refractivity contribution < 1.29 is 9.32 Å². The van der Waals surface area contributed by atoms with E-state index in [4.69, 9.17) is 4.52 Å². The summed E-state index contributed by atoms with van der Waals surface area (Å²) < 4.78 is 7.28. The lowest BCUT2D eigenvalue weighted by molar-refractivity contribution is -0.132. The molecule has 0 N–H and O–H groups in total. The lowest BCUT2D eigenvalue weighted by atomic mass is 10.0. The van der Waals surface area contributed by atoms with E-state index >= 15 is 0 Å². The Morgan fingerprint density at radius 1 is 1.38 bits per heavy atom. The SMILES string of the molecule is Cc1cnn(C2CCCN(C(=O)Cc3noc4ccccc34)C2)c1. The number of para-hydroxylation sites is 1. The molecule has 1 amide bonds. The lowest BCUT2D eigenvalue weighted by Gasteiger charge is -2.32. The van der Waals surface area contributed by atoms with E-state index in [9.17, 15) is 4.79 Å². The fourth-order valence-corrected chi connectivity index (χ4v) is 3.35. The minimum atomic E-state index is 0.0997. The van der Waals surface area contributed by atoms with Crippen molar-refractivity contribution in [3.8, 4) is 0 Å². The van der Waals surface area contributed by atoms with Crippen LogP contribution in [0.15, 0.2) is 41.2 Å². The Bertz CT molecular complexity index is 867. The number of likely N-dealkylation sites (tertiary alicyclic amines) is 1. The minimum Gasteiger partial charge on any atom is -0.356 e. The number of nitrogens with zero attached hydrogens (tertiary/aromatic N) is 4. The van der Waals surface area contributed by atoms with Gasteiger partial charge in [-0.15, -0.1) is 0 Å². The maximum atomic E-state index is 12.7. The molecule has 6 nitrogen and oxygen atoms in total. The monoisotopic (exact) mass is 324 g/mol. The van der Waals surface area contributed by atoms with Gasteiger partial charge in [0.15, 0.2) is 5.58 Å². The van der Waals surface area contributed by atoms with Gasteiger partial charge in [0.05, 0.1) is 18.7 Å². The number of amides is 1. The van der Waals surface area contributed by atoms with Gasteiger partial charge in [-0.25, -0.2) is 0 Å². The van der Waals surface area contributed by atoms with Crippen LogP contribution < -0.4 is 0 Å². The molecule has 1 unspecified atom stereocenters. The molecule has 24 heavy (non-hydrogen) atoms. The van der Waals surface area contributed by atoms with Gasteiger partial charge in [-0.2, -0.15) is 5.10 Å². The third-order valence-electron chi connectivity index (χ3n) is 4.62. The highest BCUT2D eigenvalue weighted by atomic mass is 16.5. The van der Waals surface area contributed by atoms with E-state index in [1.807, 2.05) is 53.2 Å². The number of piperidine rings is 1. The van der Waals surface area contributed by atoms with Crippen molar-refractivity contribution in [3.63, 3.8) is 0 Å². The second-order valence-electron chi connectivity index (χ2n) is 6.44. The number of aromatic nitrogens is 3. The molecule has 1 aliphatic heterocycles. The molecule has 3 heterocycles. The predicted molar refractivity (Wildman–Crippen MR) is 89.5 cm³/mol. The first-order chi connectivity index (χ1) is 11.7. The van der Waals surface area contributed by atoms with E-state index in [2.05, 4.69) is 10.3 Å². The number of carbonyl (C=O) groups excluding carboxylic acids is 1. The van der Waals surface area contributed by atoms with E-state index in [1.165, 1.54) is 0 Å². The molecule has 0 spiro atoms. The molecular formula is C18H20N4O2. The fraction of sp³-hybridized carbons (Fsp3) is 0.389. The highest BCUT2D eigenvalue weighted by Crippen LogP contribution is 2.23. The van der Waals surface area contributed by atoms with Crippen LogP contribution in [0.25, 0.3) is 11.0 Å². The second kappa shape index (κ2) is 6.11. The molecule has 6 heteroatoms. The first kappa shape index (κ1) is 14.9. The highest BCUT2D eigenvalue weighted by Gasteiger charge is 2.26. The van der Waals surface area contributed by atoms with Gasteiger partial charge in [0, 0.05) is 24.7 Å². The predicted octanol–water partition coefficient (Wildman–Crippen LogP) is 2.74. The van der Waals surface area contributed by atoms with Crippen LogP contribution in [0.1, 0.15) is 30.1 Å². The maximum absolute atomic E-state index is 12.7. The molecule has 0 radical (unpaired) electrons. The quantitative estimate of drug-likeness (QED) is 0.743. The van der Waals surface area contributed by atoms with Crippen LogP contribution in [0.5, 0.6) is 0 Å². The average Bonchev–Trinajstić information content (AvgIpc) is 3.22. The molecule has 4 rings (SSSR count). The standard InChI is InChI=1S/C18H20N4O2/c1-13-10-19-22(11-13)14-5-4-8-21(12-14)18(23)9-16-15-6-2-3-7-17(15)24-20-16/h2-3,6-7,10-11,14H,4-5,8-9,12H2,1H3. The van der Waals surface area contributed by atoms with Gasteiger partial charge in [-0.3, -0.25) is 9.48 Å². The van der Waals surface area contributed by atoms with Crippen molar-refractivity contribution in [2.24, 2.45) is 0 Å². The number of benzene rings is 1. The van der Waals surface area contributed by atoms with Crippen molar-refractivity contribution in [2.75, 3.05) is 13.1 Å². The first-order valence-electron chi connectivity index (χ1n) is 8.32. The number of fused-ring (bicyclic) bond motifs is 1. The summed E-state index contributed by atoms with van der Waals surface area (Å²) in [5.41, 5.74) is 2.59. The lowest BCUT2D eigenvalue weighted by Crippen LogP contribution is -2.41. The molecule has 1 fully saturated rings. The highest BCUT2D eigenvalue weighted by molar-refractivity contribution is 5.86. The van der Waals surface area contributed by atoms with Gasteiger partial charge >= 0.3 is 0 Å². The molecule has 1 saturated heterocycles. The number of carbonyl (C=O) groups is 1. The van der Waals surface area contributed by atoms with Crippen LogP contribution in [0.2, 0.25) is 0 Å². The Morgan fingerprint density at radius 2 is 2.25 bits per heavy atom. The largest absolute Gasteiger partial charge is 0.356 e. The van der Waals surface area contributed by atoms with Crippen molar-refractivity contribution in [1.29, 1.82) is 0 Å². The average molecular weight is 324 g/mol. The van der Waals surface area contributed by atoms with Gasteiger partial charge in [0.2, 0.25) is 5.91 Å². The molecule has 0 saturated carbocycles. The third kappa shape index (κ3) is 2.79. The molecule has 2 aromatic heterocycles. The van der Waals surface area contributed by atoms with Gasteiger partial charge < -0.3 is 9.42 Å². The Balaban J connectivity index is 1.48. The summed E-state index contributed by atoms with van der Waals surface area (Å²) in [7, 11) is 0. The zero-order chi connectivity index (χ0) is 16.5. The summed E-state index contributed by atoms with van der Waals surface area (Å²) in [6.07, 6.45) is 6.24. The summed E-state index contributed by atoms with van der Waals surface area (Å²) in [6.45, 7) is 3.53. The summed E-state index contributed by atoms with van der Waals surface area (Å²) in [5, 5.41) is 9.39. The molecule has 1 aliphatic rings. The van der Waals surface area contributed by atoms with Crippen molar-refractivity contribution in [1.82, 2.24) is 19.8 Å². The second-order valence-corrected chi connectivity index (χ2v) is 6.44. The Labute approximate surface area is 140 Å². The molecule has 124 valence electrons. The normalized spacial score (nSPS) is 18.2. The summed E-state index contributed by atoms with van der Waals surface area (Å²) >= 11 is 0. The zero-order valence-electron chi connectivity index (χ0n) is 13.7. The fourth-order valence-electron chi connectivity index (χ4n) is 3.35. The van der Waals surface area contributed by atoms with Crippen molar-refractivity contribution in [2.45, 2.75) is 32.2 Å². The summed E-state index contributed by atoms with van der Waals surface area (Å²) in [5.74, 6) is 0.0997. The van der Waals surface area contributed by atoms with E-state index in [-0.39, 0.29) is 18.4 Å². The molecule has 3 aromatic rings. The van der Waals surface area contributed by atoms with Crippen LogP contribution in [0.3, 0.4) is 0 Å². The van der Waals surface area contributed by atoms with E-state index in [0.717, 1.165) is 35.9 Å². The molecule has 1 atom stereocenters. The van der Waals surface area contributed by atoms with E-state index in [1.54, 1.807) is 0 Å². The number of hydrogen-bond acceptors (Lipinski definition) is 4. The topological polar surface area (TPSA) is 64.2 Å². The molecule has 0 bridgehead atoms. The van der Waals surface area contributed by atoms with Gasteiger partial charge in [-0.1, -0.05) is 17.3 Å². The van der Waals surface area contributed by atoms with Gasteiger partial charge in [-0.05, 0) is 37.5 Å². The number of hydrogen-bond donors (Lipinski definition) is 0. The van der Waals surface area contributed by atoms with Crippen LogP contribution in [0, 0.1) is 6.92 Å². The summed E-state index contributed by atoms with van der Waals surface area (Å²) in [4.78, 5) is 14.6. The molecule has 0 aliphatic carbocycles. The van der Waals surface area contributed by atoms with Crippen LogP contribution >= 0.6 is 0 Å². The first-order valence-corrected chi connectivity index (χ1v) is 8.32. The van der Waals surface area contributed by atoms with Crippen molar-refractivity contribution in [3.05, 3.63) is 47.9 Å². The Kier molecular flexibility index (Phi) is 3.80. The minimum absolute atomic E-state index is 0.0997. The Morgan fingerprint density at radius 3 is 3.08 bits per heavy atom. The molecule has 1 aromatic carbocycles. The number of aryl methyl sites for hydroxylation is 1. The van der Waals surface area contributed by atoms with Crippen LogP contribution in [-0.2, 0) is 11.2 Å². The third-order valence-corrected chi connectivity index (χ3v) is 4.62. The Hall–Kier alpha value is -2.63. The summed E-state index contributed by atoms with van der Waals surface area (Å²) in [6, 6.07) is 7.91. The maximum Gasteiger partial charge on any atom is 0.228 e.